The zero-order valence-corrected chi connectivity index (χ0v) is 13.3. The first-order chi connectivity index (χ1) is 11.5. The molecule has 1 amide bonds. The molecule has 2 heterocycles. The number of carbonyl (C=O) groups excluding carboxylic acids is 1. The van der Waals surface area contributed by atoms with Crippen LogP contribution in [-0.2, 0) is 17.8 Å². The van der Waals surface area contributed by atoms with Crippen LogP contribution in [0.15, 0.2) is 42.9 Å². The summed E-state index contributed by atoms with van der Waals surface area (Å²) in [6.45, 7) is 0.218. The predicted molar refractivity (Wildman–Crippen MR) is 90.1 cm³/mol. The monoisotopic (exact) mass is 343 g/mol. The van der Waals surface area contributed by atoms with Crippen molar-refractivity contribution in [2.24, 2.45) is 0 Å². The Kier molecular flexibility index (Phi) is 4.48. The van der Waals surface area contributed by atoms with Crippen LogP contribution in [0.5, 0.6) is 0 Å². The number of benzene rings is 1. The maximum Gasteiger partial charge on any atom is 0.337 e. The van der Waals surface area contributed by atoms with Crippen molar-refractivity contribution in [3.8, 4) is 0 Å². The molecule has 0 radical (unpaired) electrons. The van der Waals surface area contributed by atoms with Crippen LogP contribution in [0.2, 0.25) is 5.02 Å². The molecule has 6 nitrogen and oxygen atoms in total. The number of rotatable bonds is 5. The Morgan fingerprint density at radius 2 is 2.08 bits per heavy atom. The van der Waals surface area contributed by atoms with Crippen molar-refractivity contribution in [1.29, 1.82) is 0 Å². The number of nitrogens with zero attached hydrogens (tertiary/aromatic N) is 1. The summed E-state index contributed by atoms with van der Waals surface area (Å²) < 4.78 is 0. The molecule has 0 bridgehead atoms. The third kappa shape index (κ3) is 3.55. The number of nitrogens with one attached hydrogen (secondary N) is 2. The summed E-state index contributed by atoms with van der Waals surface area (Å²) in [5.41, 5.74) is 2.49. The summed E-state index contributed by atoms with van der Waals surface area (Å²) in [5.74, 6) is -1.22. The molecular weight excluding hydrogens is 330 g/mol. The van der Waals surface area contributed by atoms with E-state index in [0.717, 1.165) is 16.5 Å². The molecule has 0 fully saturated rings. The number of aromatic carboxylic acids is 1. The molecule has 0 aliphatic rings. The van der Waals surface area contributed by atoms with E-state index in [-0.39, 0.29) is 24.4 Å². The number of aromatic amines is 1. The van der Waals surface area contributed by atoms with Gasteiger partial charge in [0.1, 0.15) is 0 Å². The van der Waals surface area contributed by atoms with Gasteiger partial charge >= 0.3 is 5.97 Å². The van der Waals surface area contributed by atoms with Crippen molar-refractivity contribution in [3.63, 3.8) is 0 Å². The first-order valence-electron chi connectivity index (χ1n) is 7.22. The lowest BCUT2D eigenvalue weighted by Crippen LogP contribution is -2.24. The van der Waals surface area contributed by atoms with Gasteiger partial charge in [-0.1, -0.05) is 11.6 Å². The van der Waals surface area contributed by atoms with E-state index in [1.165, 1.54) is 18.5 Å². The molecule has 0 spiro atoms. The molecule has 2 aromatic heterocycles. The van der Waals surface area contributed by atoms with E-state index >= 15 is 0 Å². The minimum Gasteiger partial charge on any atom is -0.478 e. The van der Waals surface area contributed by atoms with Gasteiger partial charge in [-0.15, -0.1) is 0 Å². The zero-order valence-electron chi connectivity index (χ0n) is 12.5. The smallest absolute Gasteiger partial charge is 0.337 e. The molecule has 122 valence electrons. The summed E-state index contributed by atoms with van der Waals surface area (Å²) in [4.78, 5) is 30.0. The van der Waals surface area contributed by atoms with E-state index in [9.17, 15) is 9.59 Å². The number of hydrogen-bond donors (Lipinski definition) is 3. The summed E-state index contributed by atoms with van der Waals surface area (Å²) in [5, 5.41) is 13.2. The molecule has 3 aromatic rings. The molecule has 7 heteroatoms. The van der Waals surface area contributed by atoms with Gasteiger partial charge < -0.3 is 15.4 Å². The van der Waals surface area contributed by atoms with Gasteiger partial charge in [-0.2, -0.15) is 0 Å². The van der Waals surface area contributed by atoms with Gasteiger partial charge in [-0.05, 0) is 35.4 Å². The Morgan fingerprint density at radius 3 is 2.88 bits per heavy atom. The van der Waals surface area contributed by atoms with E-state index in [1.54, 1.807) is 12.3 Å². The van der Waals surface area contributed by atoms with Crippen LogP contribution in [0.3, 0.4) is 0 Å². The van der Waals surface area contributed by atoms with Crippen LogP contribution in [0.4, 0.5) is 0 Å². The minimum absolute atomic E-state index is 0.0908. The molecule has 0 unspecified atom stereocenters. The number of H-pyrrole nitrogens is 1. The highest BCUT2D eigenvalue weighted by atomic mass is 35.5. The fraction of sp³-hybridized carbons (Fsp3) is 0.118. The number of amides is 1. The van der Waals surface area contributed by atoms with Gasteiger partial charge in [0.05, 0.1) is 12.0 Å². The van der Waals surface area contributed by atoms with Crippen molar-refractivity contribution >= 4 is 34.4 Å². The number of hydrogen-bond acceptors (Lipinski definition) is 3. The molecule has 3 N–H and O–H groups in total. The van der Waals surface area contributed by atoms with Crippen molar-refractivity contribution in [3.05, 3.63) is 64.6 Å². The van der Waals surface area contributed by atoms with Gasteiger partial charge in [-0.3, -0.25) is 9.78 Å². The highest BCUT2D eigenvalue weighted by molar-refractivity contribution is 6.31. The summed E-state index contributed by atoms with van der Waals surface area (Å²) in [6, 6.07) is 6.95. The number of carbonyl (C=O) groups is 2. The van der Waals surface area contributed by atoms with Crippen LogP contribution >= 0.6 is 11.6 Å². The van der Waals surface area contributed by atoms with E-state index in [1.807, 2.05) is 12.1 Å². The summed E-state index contributed by atoms with van der Waals surface area (Å²) in [6.07, 6.45) is 4.78. The Hall–Kier alpha value is -2.86. The number of carboxylic acid groups (broad SMARTS) is 1. The molecule has 3 rings (SSSR count). The molecule has 1 aromatic carbocycles. The third-order valence-electron chi connectivity index (χ3n) is 3.61. The largest absolute Gasteiger partial charge is 0.478 e. The maximum atomic E-state index is 12.1. The molecule has 0 atom stereocenters. The summed E-state index contributed by atoms with van der Waals surface area (Å²) in [7, 11) is 0. The van der Waals surface area contributed by atoms with Gasteiger partial charge in [-0.25, -0.2) is 4.79 Å². The number of halogens is 1. The number of carboxylic acids is 1. The van der Waals surface area contributed by atoms with Gasteiger partial charge in [0.2, 0.25) is 5.91 Å². The summed E-state index contributed by atoms with van der Waals surface area (Å²) >= 11 is 6.00. The highest BCUT2D eigenvalue weighted by Crippen LogP contribution is 2.22. The normalized spacial score (nSPS) is 10.7. The predicted octanol–water partition coefficient (Wildman–Crippen LogP) is 2.77. The molecule has 0 aliphatic carbocycles. The van der Waals surface area contributed by atoms with Crippen molar-refractivity contribution < 1.29 is 14.7 Å². The third-order valence-corrected chi connectivity index (χ3v) is 3.85. The first kappa shape index (κ1) is 16.0. The topological polar surface area (TPSA) is 95.1 Å². The van der Waals surface area contributed by atoms with Crippen LogP contribution in [-0.4, -0.2) is 27.0 Å². The lowest BCUT2D eigenvalue weighted by molar-refractivity contribution is -0.120. The van der Waals surface area contributed by atoms with Gasteiger partial charge in [0.15, 0.2) is 0 Å². The Morgan fingerprint density at radius 1 is 1.25 bits per heavy atom. The zero-order chi connectivity index (χ0) is 17.1. The molecule has 0 saturated carbocycles. The number of pyridine rings is 1. The SMILES string of the molecule is O=C(Cc1c[nH]c2ccc(Cl)cc12)NCc1cncc(C(=O)O)c1. The molecule has 0 aliphatic heterocycles. The fourth-order valence-electron chi connectivity index (χ4n) is 2.43. The van der Waals surface area contributed by atoms with E-state index in [4.69, 9.17) is 16.7 Å². The molecular formula is C17H14ClN3O3. The quantitative estimate of drug-likeness (QED) is 0.663. The van der Waals surface area contributed by atoms with Crippen molar-refractivity contribution in [2.75, 3.05) is 0 Å². The lowest BCUT2D eigenvalue weighted by Gasteiger charge is -2.05. The second kappa shape index (κ2) is 6.72. The van der Waals surface area contributed by atoms with Crippen LogP contribution in [0.1, 0.15) is 21.5 Å². The Bertz CT molecular complexity index is 920. The highest BCUT2D eigenvalue weighted by Gasteiger charge is 2.10. The van der Waals surface area contributed by atoms with E-state index < -0.39 is 5.97 Å². The minimum atomic E-state index is -1.05. The van der Waals surface area contributed by atoms with Crippen LogP contribution in [0.25, 0.3) is 10.9 Å². The van der Waals surface area contributed by atoms with E-state index in [0.29, 0.717) is 10.6 Å². The van der Waals surface area contributed by atoms with Crippen molar-refractivity contribution in [1.82, 2.24) is 15.3 Å². The fourth-order valence-corrected chi connectivity index (χ4v) is 2.61. The lowest BCUT2D eigenvalue weighted by atomic mass is 10.1. The Balaban J connectivity index is 1.66. The average Bonchev–Trinajstić information content (AvgIpc) is 2.95. The molecule has 0 saturated heterocycles. The van der Waals surface area contributed by atoms with Crippen LogP contribution < -0.4 is 5.32 Å². The first-order valence-corrected chi connectivity index (χ1v) is 7.60. The second-order valence-corrected chi connectivity index (χ2v) is 5.78. The van der Waals surface area contributed by atoms with Crippen LogP contribution in [0, 0.1) is 0 Å². The van der Waals surface area contributed by atoms with Gasteiger partial charge in [0.25, 0.3) is 0 Å². The average molecular weight is 344 g/mol. The van der Waals surface area contributed by atoms with E-state index in [2.05, 4.69) is 15.3 Å². The molecule has 24 heavy (non-hydrogen) atoms. The maximum absolute atomic E-state index is 12.1. The Labute approximate surface area is 142 Å². The standard InChI is InChI=1S/C17H14ClN3O3/c18-13-1-2-15-14(5-13)11(9-20-15)4-16(22)21-7-10-3-12(17(23)24)8-19-6-10/h1-3,5-6,8-9,20H,4,7H2,(H,21,22)(H,23,24). The van der Waals surface area contributed by atoms with Crippen molar-refractivity contribution in [2.45, 2.75) is 13.0 Å². The van der Waals surface area contributed by atoms with Gasteiger partial charge in [0, 0.05) is 41.1 Å². The number of aromatic nitrogens is 2. The second-order valence-electron chi connectivity index (χ2n) is 5.34. The number of fused-ring (bicyclic) bond motifs is 1.